The van der Waals surface area contributed by atoms with Crippen molar-refractivity contribution >= 4 is 21.9 Å². The molecule has 4 nitrogen and oxygen atoms in total. The average Bonchev–Trinajstić information content (AvgIpc) is 2.95. The molecule has 1 heterocycles. The fraction of sp³-hybridized carbons (Fsp3) is 0.125. The van der Waals surface area contributed by atoms with Crippen molar-refractivity contribution in [1.82, 2.24) is 9.71 Å². The molecular weight excluding hydrogens is 320 g/mol. The van der Waals surface area contributed by atoms with Crippen LogP contribution in [0.15, 0.2) is 47.5 Å². The highest BCUT2D eigenvalue weighted by atomic mass is 32.2. The highest BCUT2D eigenvalue weighted by Gasteiger charge is 2.14. The van der Waals surface area contributed by atoms with E-state index in [4.69, 9.17) is 5.73 Å². The van der Waals surface area contributed by atoms with Gasteiger partial charge in [-0.15, -0.1) is 0 Å². The minimum absolute atomic E-state index is 0.309. The van der Waals surface area contributed by atoms with E-state index in [1.165, 1.54) is 30.3 Å². The van der Waals surface area contributed by atoms with Crippen LogP contribution in [0.5, 0.6) is 0 Å². The first-order valence-corrected chi connectivity index (χ1v) is 8.17. The first kappa shape index (κ1) is 15.8. The Labute approximate surface area is 134 Å². The molecule has 0 spiro atoms. The highest BCUT2D eigenvalue weighted by Crippen LogP contribution is 2.32. The van der Waals surface area contributed by atoms with Gasteiger partial charge in [-0.1, -0.05) is 0 Å². The van der Waals surface area contributed by atoms with Gasteiger partial charge in [0.2, 0.25) is 0 Å². The molecule has 0 aliphatic rings. The predicted molar refractivity (Wildman–Crippen MR) is 87.1 cm³/mol. The Balaban J connectivity index is 2.06. The third kappa shape index (κ3) is 3.17. The van der Waals surface area contributed by atoms with Gasteiger partial charge in [0.05, 0.1) is 4.90 Å². The maximum atomic E-state index is 14.2. The normalized spacial score (nSPS) is 12.7. The summed E-state index contributed by atoms with van der Waals surface area (Å²) in [5.41, 5.74) is 6.85. The average molecular weight is 335 g/mol. The van der Waals surface area contributed by atoms with Crippen molar-refractivity contribution in [2.75, 3.05) is 13.1 Å². The van der Waals surface area contributed by atoms with E-state index in [9.17, 15) is 13.0 Å². The molecule has 23 heavy (non-hydrogen) atoms. The van der Waals surface area contributed by atoms with Crippen molar-refractivity contribution in [2.45, 2.75) is 4.90 Å². The summed E-state index contributed by atoms with van der Waals surface area (Å²) in [5, 5.41) is 0.697. The van der Waals surface area contributed by atoms with Gasteiger partial charge in [0.25, 0.3) is 0 Å². The van der Waals surface area contributed by atoms with Crippen LogP contribution in [-0.4, -0.2) is 22.3 Å². The largest absolute Gasteiger partial charge is 0.360 e. The van der Waals surface area contributed by atoms with E-state index in [1.807, 2.05) is 0 Å². The lowest BCUT2D eigenvalue weighted by atomic mass is 10.0. The third-order valence-corrected chi connectivity index (χ3v) is 4.61. The number of fused-ring (bicyclic) bond motifs is 1. The van der Waals surface area contributed by atoms with Gasteiger partial charge in [-0.05, 0) is 36.4 Å². The number of nitrogens with one attached hydrogen (secondary N) is 2. The Hall–Kier alpha value is -2.09. The van der Waals surface area contributed by atoms with Gasteiger partial charge >= 0.3 is 0 Å². The second-order valence-electron chi connectivity index (χ2n) is 4.99. The van der Waals surface area contributed by atoms with Gasteiger partial charge < -0.3 is 10.7 Å². The summed E-state index contributed by atoms with van der Waals surface area (Å²) < 4.78 is 42.4. The van der Waals surface area contributed by atoms with E-state index in [1.54, 1.807) is 12.3 Å². The predicted octanol–water partition coefficient (Wildman–Crippen LogP) is 2.68. The molecule has 0 saturated carbocycles. The van der Waals surface area contributed by atoms with Crippen LogP contribution in [0.3, 0.4) is 0 Å². The zero-order chi connectivity index (χ0) is 16.4. The molecule has 1 aromatic heterocycles. The molecule has 0 saturated heterocycles. The number of hydrogen-bond donors (Lipinski definition) is 3. The van der Waals surface area contributed by atoms with Gasteiger partial charge in [-0.25, -0.2) is 17.7 Å². The summed E-state index contributed by atoms with van der Waals surface area (Å²) in [5.74, 6) is -0.804. The minimum atomic E-state index is -1.47. The van der Waals surface area contributed by atoms with Crippen molar-refractivity contribution in [3.05, 3.63) is 54.2 Å². The van der Waals surface area contributed by atoms with Gasteiger partial charge in [0.1, 0.15) is 22.6 Å². The third-order valence-electron chi connectivity index (χ3n) is 3.46. The van der Waals surface area contributed by atoms with Crippen LogP contribution < -0.4 is 10.5 Å². The first-order chi connectivity index (χ1) is 11.1. The monoisotopic (exact) mass is 335 g/mol. The number of hydrogen-bond acceptors (Lipinski definition) is 2. The van der Waals surface area contributed by atoms with E-state index < -0.39 is 16.8 Å². The zero-order valence-corrected chi connectivity index (χ0v) is 12.9. The molecule has 3 aromatic rings. The second-order valence-corrected chi connectivity index (χ2v) is 6.28. The fourth-order valence-corrected chi connectivity index (χ4v) is 3.27. The van der Waals surface area contributed by atoms with Crippen LogP contribution >= 0.6 is 0 Å². The van der Waals surface area contributed by atoms with Crippen molar-refractivity contribution in [3.8, 4) is 11.1 Å². The lowest BCUT2D eigenvalue weighted by Crippen LogP contribution is -2.24. The second kappa shape index (κ2) is 6.57. The number of benzene rings is 2. The standard InChI is InChI=1S/C16H15F2N3OS/c17-10-1-3-12-14(9-20-16(12)7-10)13-8-11(2-4-15(13)18)23(22)21-6-5-19/h1-4,7-9,20-21H,5-6,19H2. The SMILES string of the molecule is NCCNS(=O)c1ccc(F)c(-c2c[nH]c3cc(F)ccc23)c1. The molecule has 120 valence electrons. The molecule has 0 aliphatic carbocycles. The molecule has 2 aromatic carbocycles. The Morgan fingerprint density at radius 3 is 2.74 bits per heavy atom. The highest BCUT2D eigenvalue weighted by molar-refractivity contribution is 7.83. The van der Waals surface area contributed by atoms with Gasteiger partial charge in [0.15, 0.2) is 0 Å². The van der Waals surface area contributed by atoms with Crippen LogP contribution in [-0.2, 0) is 11.0 Å². The number of nitrogens with two attached hydrogens (primary N) is 1. The summed E-state index contributed by atoms with van der Waals surface area (Å²) in [6.45, 7) is 0.749. The zero-order valence-electron chi connectivity index (χ0n) is 12.1. The number of H-pyrrole nitrogens is 1. The van der Waals surface area contributed by atoms with Crippen LogP contribution in [0.4, 0.5) is 8.78 Å². The van der Waals surface area contributed by atoms with E-state index >= 15 is 0 Å². The van der Waals surface area contributed by atoms with E-state index in [2.05, 4.69) is 9.71 Å². The summed E-state index contributed by atoms with van der Waals surface area (Å²) in [7, 11) is -1.47. The van der Waals surface area contributed by atoms with Crippen molar-refractivity contribution < 1.29 is 13.0 Å². The van der Waals surface area contributed by atoms with Crippen LogP contribution in [0.2, 0.25) is 0 Å². The number of rotatable bonds is 5. The molecule has 4 N–H and O–H groups in total. The van der Waals surface area contributed by atoms with Crippen LogP contribution in [0, 0.1) is 11.6 Å². The molecule has 0 bridgehead atoms. The molecule has 0 radical (unpaired) electrons. The Morgan fingerprint density at radius 1 is 1.13 bits per heavy atom. The topological polar surface area (TPSA) is 70.9 Å². The van der Waals surface area contributed by atoms with Gasteiger partial charge in [-0.3, -0.25) is 0 Å². The summed E-state index contributed by atoms with van der Waals surface area (Å²) in [4.78, 5) is 3.37. The Kier molecular flexibility index (Phi) is 4.51. The van der Waals surface area contributed by atoms with Crippen molar-refractivity contribution in [3.63, 3.8) is 0 Å². The lowest BCUT2D eigenvalue weighted by molar-refractivity contribution is 0.629. The van der Waals surface area contributed by atoms with Crippen LogP contribution in [0.25, 0.3) is 22.0 Å². The Morgan fingerprint density at radius 2 is 1.96 bits per heavy atom. The van der Waals surface area contributed by atoms with Crippen molar-refractivity contribution in [1.29, 1.82) is 0 Å². The van der Waals surface area contributed by atoms with Gasteiger partial charge in [-0.2, -0.15) is 0 Å². The minimum Gasteiger partial charge on any atom is -0.360 e. The maximum Gasteiger partial charge on any atom is 0.131 e. The summed E-state index contributed by atoms with van der Waals surface area (Å²) >= 11 is 0. The van der Waals surface area contributed by atoms with Gasteiger partial charge in [0, 0.05) is 41.3 Å². The quantitative estimate of drug-likeness (QED) is 0.671. The van der Waals surface area contributed by atoms with E-state index in [0.29, 0.717) is 40.0 Å². The lowest BCUT2D eigenvalue weighted by Gasteiger charge is -2.07. The molecule has 0 amide bonds. The first-order valence-electron chi connectivity index (χ1n) is 7.02. The molecule has 3 rings (SSSR count). The van der Waals surface area contributed by atoms with Crippen molar-refractivity contribution in [2.24, 2.45) is 5.73 Å². The fourth-order valence-electron chi connectivity index (χ4n) is 2.38. The summed E-state index contributed by atoms with van der Waals surface area (Å²) in [6.07, 6.45) is 1.61. The number of halogens is 2. The maximum absolute atomic E-state index is 14.2. The molecule has 1 atom stereocenters. The molecular formula is C16H15F2N3OS. The van der Waals surface area contributed by atoms with Crippen LogP contribution in [0.1, 0.15) is 0 Å². The molecule has 0 fully saturated rings. The number of aromatic nitrogens is 1. The smallest absolute Gasteiger partial charge is 0.131 e. The Bertz CT molecular complexity index is 879. The molecule has 7 heteroatoms. The summed E-state index contributed by atoms with van der Waals surface area (Å²) in [6, 6.07) is 8.53. The molecule has 0 aliphatic heterocycles. The number of aromatic amines is 1. The molecule has 1 unspecified atom stereocenters. The van der Waals surface area contributed by atoms with E-state index in [-0.39, 0.29) is 5.82 Å². The van der Waals surface area contributed by atoms with E-state index in [0.717, 1.165) is 0 Å².